The monoisotopic (exact) mass is 342 g/mol. The highest BCUT2D eigenvalue weighted by atomic mass is 19.2. The molecule has 1 saturated heterocycles. The van der Waals surface area contributed by atoms with Gasteiger partial charge in [0.15, 0.2) is 11.6 Å². The molecule has 3 heterocycles. The minimum Gasteiger partial charge on any atom is -0.339 e. The van der Waals surface area contributed by atoms with Gasteiger partial charge < -0.3 is 4.52 Å². The van der Waals surface area contributed by atoms with Crippen LogP contribution in [0.2, 0.25) is 0 Å². The van der Waals surface area contributed by atoms with E-state index in [1.165, 1.54) is 6.07 Å². The van der Waals surface area contributed by atoms with Gasteiger partial charge in [-0.1, -0.05) is 11.2 Å². The Bertz CT molecular complexity index is 869. The van der Waals surface area contributed by atoms with Gasteiger partial charge in [0.25, 0.3) is 0 Å². The summed E-state index contributed by atoms with van der Waals surface area (Å²) in [5.41, 5.74) is 1.61. The molecule has 2 aromatic heterocycles. The molecular formula is C18H16F2N4O. The van der Waals surface area contributed by atoms with Gasteiger partial charge in [-0.05, 0) is 42.8 Å². The Morgan fingerprint density at radius 3 is 2.76 bits per heavy atom. The lowest BCUT2D eigenvalue weighted by atomic mass is 10.1. The average Bonchev–Trinajstić information content (AvgIpc) is 3.28. The van der Waals surface area contributed by atoms with Crippen molar-refractivity contribution in [2.75, 3.05) is 13.1 Å². The molecule has 4 rings (SSSR count). The third-order valence-electron chi connectivity index (χ3n) is 4.39. The molecule has 0 aliphatic carbocycles. The summed E-state index contributed by atoms with van der Waals surface area (Å²) in [6.45, 7) is 2.16. The summed E-state index contributed by atoms with van der Waals surface area (Å²) in [6, 6.07) is 7.69. The SMILES string of the molecule is Fc1ccc(CN2CC[C@H](c3nc(-c4ccncc4)no3)C2)cc1F. The Balaban J connectivity index is 1.42. The molecule has 1 fully saturated rings. The van der Waals surface area contributed by atoms with Crippen LogP contribution in [0.5, 0.6) is 0 Å². The van der Waals surface area contributed by atoms with Crippen LogP contribution in [0.1, 0.15) is 23.8 Å². The fraction of sp³-hybridized carbons (Fsp3) is 0.278. The van der Waals surface area contributed by atoms with E-state index < -0.39 is 11.6 Å². The highest BCUT2D eigenvalue weighted by Gasteiger charge is 2.28. The van der Waals surface area contributed by atoms with Crippen molar-refractivity contribution >= 4 is 0 Å². The van der Waals surface area contributed by atoms with Crippen molar-refractivity contribution in [1.29, 1.82) is 0 Å². The summed E-state index contributed by atoms with van der Waals surface area (Å²) in [6.07, 6.45) is 4.26. The van der Waals surface area contributed by atoms with Gasteiger partial charge in [-0.25, -0.2) is 8.78 Å². The number of halogens is 2. The number of benzene rings is 1. The molecule has 0 radical (unpaired) electrons. The van der Waals surface area contributed by atoms with Crippen molar-refractivity contribution in [3.8, 4) is 11.4 Å². The first-order valence-corrected chi connectivity index (χ1v) is 8.09. The molecule has 7 heteroatoms. The summed E-state index contributed by atoms with van der Waals surface area (Å²) in [4.78, 5) is 10.6. The minimum atomic E-state index is -0.822. The van der Waals surface area contributed by atoms with Crippen molar-refractivity contribution in [3.05, 3.63) is 65.8 Å². The van der Waals surface area contributed by atoms with Crippen molar-refractivity contribution in [3.63, 3.8) is 0 Å². The van der Waals surface area contributed by atoms with Gasteiger partial charge in [0, 0.05) is 31.0 Å². The van der Waals surface area contributed by atoms with E-state index in [0.717, 1.165) is 36.7 Å². The molecule has 0 bridgehead atoms. The fourth-order valence-electron chi connectivity index (χ4n) is 3.09. The highest BCUT2D eigenvalue weighted by Crippen LogP contribution is 2.28. The molecule has 128 valence electrons. The van der Waals surface area contributed by atoms with E-state index in [4.69, 9.17) is 4.52 Å². The summed E-state index contributed by atoms with van der Waals surface area (Å²) in [5, 5.41) is 4.04. The quantitative estimate of drug-likeness (QED) is 0.727. The zero-order chi connectivity index (χ0) is 17.2. The Kier molecular flexibility index (Phi) is 4.23. The number of likely N-dealkylation sites (tertiary alicyclic amines) is 1. The van der Waals surface area contributed by atoms with Crippen molar-refractivity contribution in [1.82, 2.24) is 20.0 Å². The first kappa shape index (κ1) is 15.8. The summed E-state index contributed by atoms with van der Waals surface area (Å²) >= 11 is 0. The van der Waals surface area contributed by atoms with Gasteiger partial charge in [-0.2, -0.15) is 4.98 Å². The zero-order valence-corrected chi connectivity index (χ0v) is 13.4. The van der Waals surface area contributed by atoms with Crippen LogP contribution in [0, 0.1) is 11.6 Å². The van der Waals surface area contributed by atoms with E-state index in [2.05, 4.69) is 20.0 Å². The van der Waals surface area contributed by atoms with Crippen molar-refractivity contribution in [2.24, 2.45) is 0 Å². The molecule has 0 spiro atoms. The van der Waals surface area contributed by atoms with Crippen LogP contribution >= 0.6 is 0 Å². The highest BCUT2D eigenvalue weighted by molar-refractivity contribution is 5.52. The molecule has 1 aliphatic heterocycles. The van der Waals surface area contributed by atoms with Crippen LogP contribution < -0.4 is 0 Å². The van der Waals surface area contributed by atoms with Gasteiger partial charge in [0.2, 0.25) is 11.7 Å². The molecule has 0 N–H and O–H groups in total. The Hall–Kier alpha value is -2.67. The molecule has 1 atom stereocenters. The lowest BCUT2D eigenvalue weighted by Gasteiger charge is -2.15. The molecule has 0 saturated carbocycles. The van der Waals surface area contributed by atoms with Crippen molar-refractivity contribution < 1.29 is 13.3 Å². The van der Waals surface area contributed by atoms with Crippen LogP contribution in [0.3, 0.4) is 0 Å². The number of pyridine rings is 1. The van der Waals surface area contributed by atoms with Gasteiger partial charge in [-0.3, -0.25) is 9.88 Å². The molecule has 0 amide bonds. The number of hydrogen-bond acceptors (Lipinski definition) is 5. The summed E-state index contributed by atoms with van der Waals surface area (Å²) in [7, 11) is 0. The standard InChI is InChI=1S/C18H16F2N4O/c19-15-2-1-12(9-16(15)20)10-24-8-5-14(11-24)18-22-17(23-25-18)13-3-6-21-7-4-13/h1-4,6-7,9,14H,5,8,10-11H2/t14-/m0/s1. The summed E-state index contributed by atoms with van der Waals surface area (Å²) < 4.78 is 31.8. The molecule has 25 heavy (non-hydrogen) atoms. The number of hydrogen-bond donors (Lipinski definition) is 0. The first-order valence-electron chi connectivity index (χ1n) is 8.09. The number of nitrogens with zero attached hydrogens (tertiary/aromatic N) is 4. The van der Waals surface area contributed by atoms with Crippen LogP contribution in [0.15, 0.2) is 47.2 Å². The van der Waals surface area contributed by atoms with Crippen LogP contribution in [0.4, 0.5) is 8.78 Å². The van der Waals surface area contributed by atoms with Crippen LogP contribution in [-0.4, -0.2) is 33.1 Å². The second-order valence-corrected chi connectivity index (χ2v) is 6.16. The largest absolute Gasteiger partial charge is 0.339 e. The molecule has 1 aromatic carbocycles. The van der Waals surface area contributed by atoms with E-state index in [-0.39, 0.29) is 5.92 Å². The van der Waals surface area contributed by atoms with Gasteiger partial charge in [0.1, 0.15) is 0 Å². The number of aromatic nitrogens is 3. The van der Waals surface area contributed by atoms with Gasteiger partial charge in [0.05, 0.1) is 5.92 Å². The third-order valence-corrected chi connectivity index (χ3v) is 4.39. The number of rotatable bonds is 4. The summed E-state index contributed by atoms with van der Waals surface area (Å²) in [5.74, 6) is -0.325. The second-order valence-electron chi connectivity index (χ2n) is 6.16. The zero-order valence-electron chi connectivity index (χ0n) is 13.4. The minimum absolute atomic E-state index is 0.147. The molecular weight excluding hydrogens is 326 g/mol. The Morgan fingerprint density at radius 2 is 1.96 bits per heavy atom. The maximum atomic E-state index is 13.3. The topological polar surface area (TPSA) is 55.1 Å². The van der Waals surface area contributed by atoms with E-state index in [9.17, 15) is 8.78 Å². The fourth-order valence-corrected chi connectivity index (χ4v) is 3.09. The normalized spacial score (nSPS) is 17.9. The first-order chi connectivity index (χ1) is 12.2. The molecule has 3 aromatic rings. The maximum absolute atomic E-state index is 13.3. The van der Waals surface area contributed by atoms with E-state index in [1.807, 2.05) is 12.1 Å². The predicted molar refractivity (Wildman–Crippen MR) is 86.5 cm³/mol. The molecule has 0 unspecified atom stereocenters. The van der Waals surface area contributed by atoms with Gasteiger partial charge >= 0.3 is 0 Å². The Labute approximate surface area is 143 Å². The smallest absolute Gasteiger partial charge is 0.231 e. The van der Waals surface area contributed by atoms with E-state index in [0.29, 0.717) is 18.3 Å². The van der Waals surface area contributed by atoms with Crippen molar-refractivity contribution in [2.45, 2.75) is 18.9 Å². The van der Waals surface area contributed by atoms with E-state index >= 15 is 0 Å². The Morgan fingerprint density at radius 1 is 1.12 bits per heavy atom. The lowest BCUT2D eigenvalue weighted by molar-refractivity contribution is 0.308. The predicted octanol–water partition coefficient (Wildman–Crippen LogP) is 3.40. The third kappa shape index (κ3) is 3.41. The van der Waals surface area contributed by atoms with Crippen LogP contribution in [0.25, 0.3) is 11.4 Å². The second kappa shape index (κ2) is 6.68. The average molecular weight is 342 g/mol. The van der Waals surface area contributed by atoms with Gasteiger partial charge in [-0.15, -0.1) is 0 Å². The molecule has 5 nitrogen and oxygen atoms in total. The van der Waals surface area contributed by atoms with E-state index in [1.54, 1.807) is 18.5 Å². The molecule has 1 aliphatic rings. The maximum Gasteiger partial charge on any atom is 0.231 e. The lowest BCUT2D eigenvalue weighted by Crippen LogP contribution is -2.20. The van der Waals surface area contributed by atoms with Crippen LogP contribution in [-0.2, 0) is 6.54 Å².